The monoisotopic (exact) mass is 338 g/mol. The molecule has 7 nitrogen and oxygen atoms in total. The number of aliphatic hydroxyl groups is 1. The Hall–Kier alpha value is -1.60. The average Bonchev–Trinajstić information content (AvgIpc) is 2.99. The molecule has 1 amide bonds. The molecule has 24 heavy (non-hydrogen) atoms. The van der Waals surface area contributed by atoms with E-state index in [0.29, 0.717) is 6.54 Å². The van der Waals surface area contributed by atoms with E-state index >= 15 is 0 Å². The third-order valence-electron chi connectivity index (χ3n) is 4.15. The van der Waals surface area contributed by atoms with Crippen LogP contribution in [-0.2, 0) is 4.74 Å². The van der Waals surface area contributed by atoms with Gasteiger partial charge >= 0.3 is 6.09 Å². The molecular weight excluding hydrogens is 308 g/mol. The topological polar surface area (TPSA) is 81.7 Å². The summed E-state index contributed by atoms with van der Waals surface area (Å²) in [5.74, 6) is 0. The van der Waals surface area contributed by atoms with E-state index in [0.717, 1.165) is 24.9 Å². The second-order valence-electron chi connectivity index (χ2n) is 7.55. The van der Waals surface area contributed by atoms with Gasteiger partial charge in [0, 0.05) is 31.4 Å². The maximum absolute atomic E-state index is 12.0. The molecule has 1 aliphatic rings. The van der Waals surface area contributed by atoms with Crippen molar-refractivity contribution < 1.29 is 14.6 Å². The fourth-order valence-corrected chi connectivity index (χ4v) is 3.09. The quantitative estimate of drug-likeness (QED) is 0.860. The molecule has 1 aromatic rings. The van der Waals surface area contributed by atoms with Crippen molar-refractivity contribution in [3.63, 3.8) is 0 Å². The van der Waals surface area contributed by atoms with Gasteiger partial charge < -0.3 is 14.7 Å². The molecule has 0 saturated carbocycles. The molecule has 2 atom stereocenters. The van der Waals surface area contributed by atoms with Gasteiger partial charge in [-0.3, -0.25) is 10.00 Å². The normalized spacial score (nSPS) is 20.6. The zero-order chi connectivity index (χ0) is 17.7. The second kappa shape index (κ2) is 7.98. The highest BCUT2D eigenvalue weighted by molar-refractivity contribution is 5.67. The summed E-state index contributed by atoms with van der Waals surface area (Å²) >= 11 is 0. The lowest BCUT2D eigenvalue weighted by Gasteiger charge is -2.37. The molecule has 1 fully saturated rings. The van der Waals surface area contributed by atoms with Crippen LogP contribution in [0.25, 0.3) is 0 Å². The molecule has 1 saturated heterocycles. The van der Waals surface area contributed by atoms with E-state index in [1.165, 1.54) is 11.3 Å². The Kier molecular flexibility index (Phi) is 6.23. The Morgan fingerprint density at radius 2 is 2.29 bits per heavy atom. The van der Waals surface area contributed by atoms with Crippen molar-refractivity contribution in [2.24, 2.45) is 0 Å². The summed E-state index contributed by atoms with van der Waals surface area (Å²) in [6.45, 7) is 7.23. The van der Waals surface area contributed by atoms with Gasteiger partial charge in [-0.2, -0.15) is 5.10 Å². The lowest BCUT2D eigenvalue weighted by molar-refractivity contribution is 0.0115. The van der Waals surface area contributed by atoms with Crippen molar-refractivity contribution in [2.75, 3.05) is 26.7 Å². The zero-order valence-electron chi connectivity index (χ0n) is 15.2. The third-order valence-corrected chi connectivity index (χ3v) is 4.15. The Labute approximate surface area is 144 Å². The minimum Gasteiger partial charge on any atom is -0.444 e. The fraction of sp³-hybridized carbons (Fsp3) is 0.765. The van der Waals surface area contributed by atoms with E-state index in [4.69, 9.17) is 4.74 Å². The number of hydrogen-bond acceptors (Lipinski definition) is 5. The summed E-state index contributed by atoms with van der Waals surface area (Å²) in [6.07, 6.45) is 6.11. The lowest BCUT2D eigenvalue weighted by atomic mass is 9.97. The van der Waals surface area contributed by atoms with Gasteiger partial charge in [0.1, 0.15) is 5.60 Å². The number of nitrogens with one attached hydrogen (secondary N) is 1. The molecule has 2 heterocycles. The van der Waals surface area contributed by atoms with Crippen molar-refractivity contribution in [3.05, 3.63) is 18.0 Å². The number of aliphatic hydroxyl groups excluding tert-OH is 1. The van der Waals surface area contributed by atoms with Gasteiger partial charge in [0.2, 0.25) is 0 Å². The molecule has 0 bridgehead atoms. The molecule has 136 valence electrons. The first kappa shape index (κ1) is 18.7. The van der Waals surface area contributed by atoms with Crippen LogP contribution in [0.4, 0.5) is 4.79 Å². The number of rotatable bonds is 5. The first-order chi connectivity index (χ1) is 11.3. The summed E-state index contributed by atoms with van der Waals surface area (Å²) in [7, 11) is 1.65. The number of aromatic amines is 1. The molecule has 0 spiro atoms. The number of aromatic nitrogens is 2. The van der Waals surface area contributed by atoms with E-state index in [2.05, 4.69) is 15.1 Å². The van der Waals surface area contributed by atoms with E-state index < -0.39 is 17.8 Å². The molecule has 1 aliphatic heterocycles. The number of H-pyrrole nitrogens is 1. The standard InChI is InChI=1S/C17H30N4O3/c1-17(2,3)24-16(23)20(4)11-14(22)12-21-8-6-5-7-15(21)13-9-18-19-10-13/h9-10,14-15,22H,5-8,11-12H2,1-4H3,(H,18,19). The van der Waals surface area contributed by atoms with Gasteiger partial charge in [-0.05, 0) is 40.2 Å². The molecule has 2 N–H and O–H groups in total. The van der Waals surface area contributed by atoms with Crippen LogP contribution in [0.5, 0.6) is 0 Å². The van der Waals surface area contributed by atoms with Gasteiger partial charge in [-0.15, -0.1) is 0 Å². The number of piperidine rings is 1. The molecule has 7 heteroatoms. The average molecular weight is 338 g/mol. The second-order valence-corrected chi connectivity index (χ2v) is 7.55. The van der Waals surface area contributed by atoms with Gasteiger partial charge in [-0.25, -0.2) is 4.79 Å². The van der Waals surface area contributed by atoms with Gasteiger partial charge in [-0.1, -0.05) is 6.42 Å². The summed E-state index contributed by atoms with van der Waals surface area (Å²) < 4.78 is 5.32. The van der Waals surface area contributed by atoms with Crippen molar-refractivity contribution in [1.29, 1.82) is 0 Å². The van der Waals surface area contributed by atoms with Crippen LogP contribution < -0.4 is 0 Å². The number of likely N-dealkylation sites (N-methyl/N-ethyl adjacent to an activating group) is 1. The number of β-amino-alcohol motifs (C(OH)–C–C–N with tert-alkyl or cyclic N) is 1. The van der Waals surface area contributed by atoms with Gasteiger partial charge in [0.05, 0.1) is 18.8 Å². The van der Waals surface area contributed by atoms with Crippen LogP contribution in [-0.4, -0.2) is 69.6 Å². The molecule has 2 unspecified atom stereocenters. The van der Waals surface area contributed by atoms with E-state index in [1.54, 1.807) is 7.05 Å². The summed E-state index contributed by atoms with van der Waals surface area (Å²) in [6, 6.07) is 0.277. The summed E-state index contributed by atoms with van der Waals surface area (Å²) in [5, 5.41) is 17.3. The first-order valence-electron chi connectivity index (χ1n) is 8.61. The van der Waals surface area contributed by atoms with Crippen molar-refractivity contribution in [3.8, 4) is 0 Å². The third kappa shape index (κ3) is 5.49. The van der Waals surface area contributed by atoms with Gasteiger partial charge in [0.25, 0.3) is 0 Å². The number of carbonyl (C=O) groups is 1. The van der Waals surface area contributed by atoms with Crippen LogP contribution in [0, 0.1) is 0 Å². The predicted molar refractivity (Wildman–Crippen MR) is 91.6 cm³/mol. The molecular formula is C17H30N4O3. The molecule has 0 aromatic carbocycles. The Balaban J connectivity index is 1.88. The molecule has 2 rings (SSSR count). The highest BCUT2D eigenvalue weighted by Crippen LogP contribution is 2.30. The number of likely N-dealkylation sites (tertiary alicyclic amines) is 1. The van der Waals surface area contributed by atoms with E-state index in [-0.39, 0.29) is 12.6 Å². The van der Waals surface area contributed by atoms with Crippen LogP contribution in [0.1, 0.15) is 51.6 Å². The highest BCUT2D eigenvalue weighted by atomic mass is 16.6. The van der Waals surface area contributed by atoms with Crippen LogP contribution in [0.3, 0.4) is 0 Å². The summed E-state index contributed by atoms with van der Waals surface area (Å²) in [4.78, 5) is 15.7. The number of nitrogens with zero attached hydrogens (tertiary/aromatic N) is 3. The van der Waals surface area contributed by atoms with Crippen molar-refractivity contribution in [2.45, 2.75) is 57.8 Å². The fourth-order valence-electron chi connectivity index (χ4n) is 3.09. The van der Waals surface area contributed by atoms with Crippen LogP contribution in [0.15, 0.2) is 12.4 Å². The van der Waals surface area contributed by atoms with Gasteiger partial charge in [0.15, 0.2) is 0 Å². The molecule has 0 radical (unpaired) electrons. The van der Waals surface area contributed by atoms with Crippen LogP contribution >= 0.6 is 0 Å². The summed E-state index contributed by atoms with van der Waals surface area (Å²) in [5.41, 5.74) is 0.623. The van der Waals surface area contributed by atoms with E-state index in [9.17, 15) is 9.90 Å². The first-order valence-corrected chi connectivity index (χ1v) is 8.61. The van der Waals surface area contributed by atoms with E-state index in [1.807, 2.05) is 33.2 Å². The smallest absolute Gasteiger partial charge is 0.410 e. The predicted octanol–water partition coefficient (Wildman–Crippen LogP) is 2.16. The number of amides is 1. The maximum Gasteiger partial charge on any atom is 0.410 e. The Bertz CT molecular complexity index is 512. The molecule has 1 aromatic heterocycles. The SMILES string of the molecule is CN(CC(O)CN1CCCCC1c1cn[nH]c1)C(=O)OC(C)(C)C. The lowest BCUT2D eigenvalue weighted by Crippen LogP contribution is -2.44. The Morgan fingerprint density at radius 1 is 1.54 bits per heavy atom. The maximum atomic E-state index is 12.0. The highest BCUT2D eigenvalue weighted by Gasteiger charge is 2.28. The number of ether oxygens (including phenoxy) is 1. The Morgan fingerprint density at radius 3 is 2.92 bits per heavy atom. The number of hydrogen-bond donors (Lipinski definition) is 2. The minimum atomic E-state index is -0.616. The largest absolute Gasteiger partial charge is 0.444 e. The molecule has 0 aliphatic carbocycles. The number of carbonyl (C=O) groups excluding carboxylic acids is 1. The van der Waals surface area contributed by atoms with Crippen LogP contribution in [0.2, 0.25) is 0 Å². The van der Waals surface area contributed by atoms with Crippen molar-refractivity contribution >= 4 is 6.09 Å². The zero-order valence-corrected chi connectivity index (χ0v) is 15.2. The minimum absolute atomic E-state index is 0.253. The van der Waals surface area contributed by atoms with Crippen molar-refractivity contribution in [1.82, 2.24) is 20.0 Å².